The fourth-order valence-corrected chi connectivity index (χ4v) is 4.00. The van der Waals surface area contributed by atoms with E-state index in [9.17, 15) is 4.79 Å². The number of benzene rings is 1. The van der Waals surface area contributed by atoms with E-state index in [2.05, 4.69) is 16.3 Å². The number of para-hydroxylation sites is 2. The largest absolute Gasteiger partial charge is 0.472 e. The molecule has 4 rings (SSSR count). The zero-order valence-electron chi connectivity index (χ0n) is 14.2. The molecule has 1 saturated carbocycles. The van der Waals surface area contributed by atoms with Gasteiger partial charge in [-0.1, -0.05) is 18.6 Å². The normalized spacial score (nSPS) is 26.3. The van der Waals surface area contributed by atoms with Crippen LogP contribution in [0.5, 0.6) is 0 Å². The molecule has 0 unspecified atom stereocenters. The van der Waals surface area contributed by atoms with Gasteiger partial charge in [0.25, 0.3) is 0 Å². The van der Waals surface area contributed by atoms with Crippen LogP contribution in [-0.2, 0) is 14.3 Å². The van der Waals surface area contributed by atoms with Crippen LogP contribution in [0.25, 0.3) is 0 Å². The number of anilines is 2. The summed E-state index contributed by atoms with van der Waals surface area (Å²) in [5.74, 6) is 0.435. The van der Waals surface area contributed by atoms with Gasteiger partial charge in [-0.3, -0.25) is 0 Å². The van der Waals surface area contributed by atoms with Crippen molar-refractivity contribution in [3.63, 3.8) is 0 Å². The van der Waals surface area contributed by atoms with Gasteiger partial charge < -0.3 is 19.7 Å². The minimum absolute atomic E-state index is 0.0548. The van der Waals surface area contributed by atoms with Crippen molar-refractivity contribution in [3.05, 3.63) is 35.6 Å². The Morgan fingerprint density at radius 3 is 2.79 bits per heavy atom. The van der Waals surface area contributed by atoms with Crippen molar-refractivity contribution in [3.8, 4) is 0 Å². The standard InChI is InChI=1S/C19H24N2O3/c1-12-16(19(22)24-13-8-4-3-5-9-13)17-18(23-12)21(2)15-11-7-6-10-14(15)20-17/h6-7,10-11,13,17-18,20H,3-5,8-9H2,1-2H3/t17-,18+/m0/s1. The first-order valence-corrected chi connectivity index (χ1v) is 8.82. The van der Waals surface area contributed by atoms with E-state index in [1.165, 1.54) is 6.42 Å². The van der Waals surface area contributed by atoms with Gasteiger partial charge in [-0.15, -0.1) is 0 Å². The Bertz CT molecular complexity index is 679. The van der Waals surface area contributed by atoms with Crippen molar-refractivity contribution in [2.24, 2.45) is 0 Å². The topological polar surface area (TPSA) is 50.8 Å². The van der Waals surface area contributed by atoms with Crippen molar-refractivity contribution in [2.75, 3.05) is 17.3 Å². The lowest BCUT2D eigenvalue weighted by atomic mass is 9.97. The monoisotopic (exact) mass is 328 g/mol. The molecule has 0 aromatic heterocycles. The maximum atomic E-state index is 12.8. The molecule has 0 amide bonds. The number of ether oxygens (including phenoxy) is 2. The van der Waals surface area contributed by atoms with Gasteiger partial charge in [0, 0.05) is 7.05 Å². The van der Waals surface area contributed by atoms with Crippen LogP contribution in [0.2, 0.25) is 0 Å². The highest BCUT2D eigenvalue weighted by atomic mass is 16.6. The highest BCUT2D eigenvalue weighted by molar-refractivity contribution is 5.93. The summed E-state index contributed by atoms with van der Waals surface area (Å²) in [5.41, 5.74) is 2.72. The van der Waals surface area contributed by atoms with Crippen molar-refractivity contribution in [1.29, 1.82) is 0 Å². The molecule has 0 spiro atoms. The summed E-state index contributed by atoms with van der Waals surface area (Å²) >= 11 is 0. The Hall–Kier alpha value is -2.17. The Morgan fingerprint density at radius 1 is 1.25 bits per heavy atom. The summed E-state index contributed by atoms with van der Waals surface area (Å²) in [6.45, 7) is 1.86. The molecule has 5 nitrogen and oxygen atoms in total. The fourth-order valence-electron chi connectivity index (χ4n) is 4.00. The van der Waals surface area contributed by atoms with Crippen LogP contribution >= 0.6 is 0 Å². The first kappa shape index (κ1) is 15.4. The van der Waals surface area contributed by atoms with Crippen LogP contribution in [0.1, 0.15) is 39.0 Å². The summed E-state index contributed by atoms with van der Waals surface area (Å²) in [4.78, 5) is 14.9. The quantitative estimate of drug-likeness (QED) is 0.843. The molecule has 2 aliphatic heterocycles. The number of allylic oxidation sites excluding steroid dienone is 1. The third-order valence-corrected chi connectivity index (χ3v) is 5.30. The van der Waals surface area contributed by atoms with E-state index in [-0.39, 0.29) is 24.3 Å². The molecule has 1 aromatic rings. The number of nitrogens with zero attached hydrogens (tertiary/aromatic N) is 1. The molecule has 1 fully saturated rings. The number of carbonyl (C=O) groups is 1. The van der Waals surface area contributed by atoms with E-state index in [1.54, 1.807) is 0 Å². The molecule has 0 saturated heterocycles. The van der Waals surface area contributed by atoms with Crippen LogP contribution in [0.15, 0.2) is 35.6 Å². The number of nitrogens with one attached hydrogen (secondary N) is 1. The van der Waals surface area contributed by atoms with Gasteiger partial charge in [0.15, 0.2) is 6.23 Å². The van der Waals surface area contributed by atoms with Gasteiger partial charge in [-0.05, 0) is 44.7 Å². The third-order valence-electron chi connectivity index (χ3n) is 5.30. The van der Waals surface area contributed by atoms with Gasteiger partial charge >= 0.3 is 5.97 Å². The second kappa shape index (κ2) is 6.04. The molecular weight excluding hydrogens is 304 g/mol. The zero-order chi connectivity index (χ0) is 16.7. The predicted octanol–water partition coefficient (Wildman–Crippen LogP) is 3.42. The number of rotatable bonds is 2. The lowest BCUT2D eigenvalue weighted by Gasteiger charge is -2.38. The van der Waals surface area contributed by atoms with Crippen LogP contribution in [0.3, 0.4) is 0 Å². The van der Waals surface area contributed by atoms with Crippen LogP contribution < -0.4 is 10.2 Å². The van der Waals surface area contributed by atoms with E-state index in [4.69, 9.17) is 9.47 Å². The minimum atomic E-state index is -0.229. The molecule has 1 N–H and O–H groups in total. The van der Waals surface area contributed by atoms with Crippen LogP contribution in [0, 0.1) is 0 Å². The Balaban J connectivity index is 1.56. The molecule has 3 aliphatic rings. The first-order valence-electron chi connectivity index (χ1n) is 8.82. The van der Waals surface area contributed by atoms with Gasteiger partial charge in [-0.2, -0.15) is 0 Å². The highest BCUT2D eigenvalue weighted by Crippen LogP contribution is 2.40. The summed E-state index contributed by atoms with van der Waals surface area (Å²) in [7, 11) is 2.00. The smallest absolute Gasteiger partial charge is 0.340 e. The number of carbonyl (C=O) groups excluding carboxylic acids is 1. The average Bonchev–Trinajstić information content (AvgIpc) is 2.92. The van der Waals surface area contributed by atoms with Gasteiger partial charge in [0.2, 0.25) is 0 Å². The van der Waals surface area contributed by atoms with E-state index in [1.807, 2.05) is 32.2 Å². The average molecular weight is 328 g/mol. The van der Waals surface area contributed by atoms with E-state index < -0.39 is 0 Å². The minimum Gasteiger partial charge on any atom is -0.472 e. The zero-order valence-corrected chi connectivity index (χ0v) is 14.2. The lowest BCUT2D eigenvalue weighted by molar-refractivity contribution is -0.145. The Kier molecular flexibility index (Phi) is 3.87. The number of hydrogen-bond donors (Lipinski definition) is 1. The maximum absolute atomic E-state index is 12.8. The van der Waals surface area contributed by atoms with Crippen molar-refractivity contribution < 1.29 is 14.3 Å². The third kappa shape index (κ3) is 2.52. The molecule has 1 aliphatic carbocycles. The van der Waals surface area contributed by atoms with E-state index >= 15 is 0 Å². The summed E-state index contributed by atoms with van der Waals surface area (Å²) in [6, 6.07) is 7.88. The Morgan fingerprint density at radius 2 is 2.00 bits per heavy atom. The molecule has 24 heavy (non-hydrogen) atoms. The molecule has 1 aromatic carbocycles. The van der Waals surface area contributed by atoms with Gasteiger partial charge in [-0.25, -0.2) is 4.79 Å². The van der Waals surface area contributed by atoms with Crippen molar-refractivity contribution in [1.82, 2.24) is 0 Å². The van der Waals surface area contributed by atoms with Crippen LogP contribution in [0.4, 0.5) is 11.4 Å². The second-order valence-electron chi connectivity index (χ2n) is 6.89. The number of likely N-dealkylation sites (N-methyl/N-ethyl adjacent to an activating group) is 1. The highest BCUT2D eigenvalue weighted by Gasteiger charge is 2.45. The molecular formula is C19H24N2O3. The molecule has 5 heteroatoms. The summed E-state index contributed by atoms with van der Waals surface area (Å²) in [5, 5.41) is 3.46. The molecule has 2 atom stereocenters. The number of fused-ring (bicyclic) bond motifs is 2. The Labute approximate surface area is 142 Å². The fraction of sp³-hybridized carbons (Fsp3) is 0.526. The molecule has 2 heterocycles. The van der Waals surface area contributed by atoms with Gasteiger partial charge in [0.1, 0.15) is 23.5 Å². The summed E-state index contributed by atoms with van der Waals surface area (Å²) < 4.78 is 11.8. The maximum Gasteiger partial charge on any atom is 0.340 e. The first-order chi connectivity index (χ1) is 11.6. The van der Waals surface area contributed by atoms with Crippen LogP contribution in [-0.4, -0.2) is 31.4 Å². The number of hydrogen-bond acceptors (Lipinski definition) is 5. The SMILES string of the molecule is CC1=C(C(=O)OC2CCCCC2)[C@@H]2Nc3ccccc3N(C)[C@@H]2O1. The van der Waals surface area contributed by atoms with Gasteiger partial charge in [0.05, 0.1) is 11.4 Å². The van der Waals surface area contributed by atoms with E-state index in [0.717, 1.165) is 37.1 Å². The van der Waals surface area contributed by atoms with Crippen molar-refractivity contribution in [2.45, 2.75) is 57.4 Å². The second-order valence-corrected chi connectivity index (χ2v) is 6.89. The summed E-state index contributed by atoms with van der Waals surface area (Å²) in [6.07, 6.45) is 5.33. The number of esters is 1. The van der Waals surface area contributed by atoms with E-state index in [0.29, 0.717) is 11.3 Å². The predicted molar refractivity (Wildman–Crippen MR) is 92.8 cm³/mol. The molecule has 128 valence electrons. The van der Waals surface area contributed by atoms with Crippen molar-refractivity contribution >= 4 is 17.3 Å². The lowest BCUT2D eigenvalue weighted by Crippen LogP contribution is -2.49. The molecule has 0 radical (unpaired) electrons. The molecule has 0 bridgehead atoms.